The first-order valence-corrected chi connectivity index (χ1v) is 13.0. The van der Waals surface area contributed by atoms with E-state index in [4.69, 9.17) is 9.15 Å². The molecule has 0 radical (unpaired) electrons. The quantitative estimate of drug-likeness (QED) is 0.296. The van der Waals surface area contributed by atoms with E-state index < -0.39 is 0 Å². The Morgan fingerprint density at radius 2 is 2.16 bits per heavy atom. The molecule has 0 spiro atoms. The minimum Gasteiger partial charge on any atom is -0.462 e. The van der Waals surface area contributed by atoms with E-state index in [1.165, 1.54) is 23.1 Å². The Balaban J connectivity index is 1.47. The average molecular weight is 539 g/mol. The van der Waals surface area contributed by atoms with Gasteiger partial charge in [-0.25, -0.2) is 4.79 Å². The fourth-order valence-corrected chi connectivity index (χ4v) is 6.01. The second-order valence-corrected chi connectivity index (χ2v) is 10.0. The van der Waals surface area contributed by atoms with Crippen molar-refractivity contribution in [1.29, 1.82) is 0 Å². The van der Waals surface area contributed by atoms with Crippen LogP contribution in [0.2, 0.25) is 0 Å². The highest BCUT2D eigenvalue weighted by molar-refractivity contribution is 9.10. The predicted octanol–water partition coefficient (Wildman–Crippen LogP) is 5.17. The van der Waals surface area contributed by atoms with Crippen molar-refractivity contribution in [2.45, 2.75) is 51.2 Å². The zero-order chi connectivity index (χ0) is 22.7. The van der Waals surface area contributed by atoms with Gasteiger partial charge in [-0.2, -0.15) is 0 Å². The monoisotopic (exact) mass is 538 g/mol. The SMILES string of the molecule is CCCn1c(SCC(=O)Nc2sc3c(c2C(=O)OCC)CCC3)nnc1-c1ccc(Br)o1. The molecule has 0 atom stereocenters. The second-order valence-electron chi connectivity index (χ2n) is 7.18. The third-order valence-corrected chi connectivity index (χ3v) is 7.54. The van der Waals surface area contributed by atoms with Crippen molar-refractivity contribution in [3.8, 4) is 11.6 Å². The van der Waals surface area contributed by atoms with Gasteiger partial charge in [0.1, 0.15) is 5.00 Å². The molecule has 0 fully saturated rings. The Hall–Kier alpha value is -2.11. The summed E-state index contributed by atoms with van der Waals surface area (Å²) in [5.41, 5.74) is 1.54. The van der Waals surface area contributed by atoms with Crippen LogP contribution in [0.1, 0.15) is 47.5 Å². The molecule has 3 aromatic heterocycles. The van der Waals surface area contributed by atoms with E-state index in [2.05, 4.69) is 38.4 Å². The van der Waals surface area contributed by atoms with Crippen LogP contribution in [0.4, 0.5) is 5.00 Å². The summed E-state index contributed by atoms with van der Waals surface area (Å²) in [6, 6.07) is 3.63. The Morgan fingerprint density at radius 3 is 2.88 bits per heavy atom. The van der Waals surface area contributed by atoms with Crippen LogP contribution in [-0.4, -0.2) is 39.0 Å². The number of amides is 1. The Bertz CT molecular complexity index is 1140. The van der Waals surface area contributed by atoms with E-state index in [0.29, 0.717) is 45.1 Å². The summed E-state index contributed by atoms with van der Waals surface area (Å²) >= 11 is 6.09. The molecule has 0 saturated heterocycles. The number of halogens is 1. The number of hydrogen-bond acceptors (Lipinski definition) is 8. The van der Waals surface area contributed by atoms with Crippen molar-refractivity contribution in [2.75, 3.05) is 17.7 Å². The van der Waals surface area contributed by atoms with Crippen LogP contribution in [0, 0.1) is 0 Å². The van der Waals surface area contributed by atoms with Crippen LogP contribution in [0.15, 0.2) is 26.4 Å². The maximum atomic E-state index is 12.7. The van der Waals surface area contributed by atoms with Crippen LogP contribution in [0.25, 0.3) is 11.6 Å². The molecule has 1 amide bonds. The molecule has 3 aromatic rings. The number of carbonyl (C=O) groups excluding carboxylic acids is 2. The van der Waals surface area contributed by atoms with Gasteiger partial charge in [-0.1, -0.05) is 18.7 Å². The lowest BCUT2D eigenvalue weighted by molar-refractivity contribution is -0.113. The van der Waals surface area contributed by atoms with Crippen LogP contribution < -0.4 is 5.32 Å². The van der Waals surface area contributed by atoms with E-state index in [1.807, 2.05) is 10.6 Å². The van der Waals surface area contributed by atoms with Crippen molar-refractivity contribution in [1.82, 2.24) is 14.8 Å². The van der Waals surface area contributed by atoms with E-state index >= 15 is 0 Å². The molecule has 0 bridgehead atoms. The van der Waals surface area contributed by atoms with Crippen LogP contribution in [-0.2, 0) is 28.9 Å². The standard InChI is InChI=1S/C21H23BrN4O4S2/c1-3-10-26-18(13-8-9-15(22)30-13)24-25-21(26)31-11-16(27)23-19-17(20(28)29-4-2)12-6-5-7-14(12)32-19/h8-9H,3-7,10-11H2,1-2H3,(H,23,27). The van der Waals surface area contributed by atoms with Crippen molar-refractivity contribution in [2.24, 2.45) is 0 Å². The average Bonchev–Trinajstić information content (AvgIpc) is 3.51. The molecule has 0 unspecified atom stereocenters. The number of carbonyl (C=O) groups is 2. The van der Waals surface area contributed by atoms with Crippen molar-refractivity contribution >= 4 is 55.9 Å². The molecule has 1 N–H and O–H groups in total. The van der Waals surface area contributed by atoms with E-state index in [-0.39, 0.29) is 17.6 Å². The zero-order valence-corrected chi connectivity index (χ0v) is 21.0. The largest absolute Gasteiger partial charge is 0.462 e. The van der Waals surface area contributed by atoms with Gasteiger partial charge in [0, 0.05) is 11.4 Å². The number of thioether (sulfide) groups is 1. The summed E-state index contributed by atoms with van der Waals surface area (Å²) in [6.07, 6.45) is 3.69. The maximum absolute atomic E-state index is 12.7. The number of nitrogens with zero attached hydrogens (tertiary/aromatic N) is 3. The van der Waals surface area contributed by atoms with Gasteiger partial charge in [-0.15, -0.1) is 21.5 Å². The smallest absolute Gasteiger partial charge is 0.341 e. The Morgan fingerprint density at radius 1 is 1.31 bits per heavy atom. The molecule has 170 valence electrons. The zero-order valence-electron chi connectivity index (χ0n) is 17.8. The number of hydrogen-bond donors (Lipinski definition) is 1. The number of thiophene rings is 1. The first-order chi connectivity index (χ1) is 15.5. The lowest BCUT2D eigenvalue weighted by Crippen LogP contribution is -2.17. The first-order valence-electron chi connectivity index (χ1n) is 10.4. The predicted molar refractivity (Wildman–Crippen MR) is 127 cm³/mol. The number of ether oxygens (including phenoxy) is 1. The summed E-state index contributed by atoms with van der Waals surface area (Å²) in [4.78, 5) is 26.4. The van der Waals surface area contributed by atoms with Crippen molar-refractivity contribution in [3.63, 3.8) is 0 Å². The summed E-state index contributed by atoms with van der Waals surface area (Å²) in [7, 11) is 0. The van der Waals surface area contributed by atoms with Gasteiger partial charge in [-0.3, -0.25) is 9.36 Å². The van der Waals surface area contributed by atoms with Gasteiger partial charge in [0.05, 0.1) is 17.9 Å². The van der Waals surface area contributed by atoms with Crippen molar-refractivity contribution in [3.05, 3.63) is 32.8 Å². The third kappa shape index (κ3) is 4.79. The number of anilines is 1. The number of fused-ring (bicyclic) bond motifs is 1. The molecular formula is C21H23BrN4O4S2. The summed E-state index contributed by atoms with van der Waals surface area (Å²) in [5, 5.41) is 12.7. The Labute approximate surface area is 202 Å². The van der Waals surface area contributed by atoms with E-state index in [0.717, 1.165) is 36.1 Å². The molecule has 0 saturated carbocycles. The number of furan rings is 1. The molecule has 1 aliphatic carbocycles. The molecule has 4 rings (SSSR count). The van der Waals surface area contributed by atoms with Gasteiger partial charge in [0.15, 0.2) is 15.6 Å². The molecule has 8 nitrogen and oxygen atoms in total. The van der Waals surface area contributed by atoms with E-state index in [1.54, 1.807) is 13.0 Å². The lowest BCUT2D eigenvalue weighted by Gasteiger charge is -2.09. The van der Waals surface area contributed by atoms with Gasteiger partial charge in [-0.05, 0) is 66.2 Å². The van der Waals surface area contributed by atoms with Crippen LogP contribution in [0.3, 0.4) is 0 Å². The lowest BCUT2D eigenvalue weighted by atomic mass is 10.1. The van der Waals surface area contributed by atoms with Crippen LogP contribution >= 0.6 is 39.0 Å². The molecular weight excluding hydrogens is 516 g/mol. The topological polar surface area (TPSA) is 99.2 Å². The normalized spacial score (nSPS) is 12.7. The number of nitrogens with one attached hydrogen (secondary N) is 1. The van der Waals surface area contributed by atoms with Crippen molar-refractivity contribution < 1.29 is 18.7 Å². The highest BCUT2D eigenvalue weighted by Crippen LogP contribution is 2.39. The fraction of sp³-hybridized carbons (Fsp3) is 0.429. The van der Waals surface area contributed by atoms with E-state index in [9.17, 15) is 9.59 Å². The number of esters is 1. The first kappa shape index (κ1) is 23.1. The van der Waals surface area contributed by atoms with Gasteiger partial charge >= 0.3 is 5.97 Å². The van der Waals surface area contributed by atoms with Gasteiger partial charge in [0.2, 0.25) is 11.7 Å². The third-order valence-electron chi connectivity index (χ3n) is 4.94. The molecule has 32 heavy (non-hydrogen) atoms. The van der Waals surface area contributed by atoms with Gasteiger partial charge in [0.25, 0.3) is 0 Å². The molecule has 1 aliphatic rings. The number of aromatic nitrogens is 3. The summed E-state index contributed by atoms with van der Waals surface area (Å²) in [6.45, 7) is 4.85. The minimum atomic E-state index is -0.369. The minimum absolute atomic E-state index is 0.147. The second kappa shape index (κ2) is 10.2. The number of aryl methyl sites for hydroxylation is 1. The summed E-state index contributed by atoms with van der Waals surface area (Å²) in [5.74, 6) is 0.816. The molecule has 0 aliphatic heterocycles. The number of rotatable bonds is 9. The molecule has 0 aromatic carbocycles. The summed E-state index contributed by atoms with van der Waals surface area (Å²) < 4.78 is 13.4. The maximum Gasteiger partial charge on any atom is 0.341 e. The van der Waals surface area contributed by atoms with Gasteiger partial charge < -0.3 is 14.5 Å². The highest BCUT2D eigenvalue weighted by atomic mass is 79.9. The highest BCUT2D eigenvalue weighted by Gasteiger charge is 2.28. The molecule has 11 heteroatoms. The molecule has 3 heterocycles. The van der Waals surface area contributed by atoms with Crippen LogP contribution in [0.5, 0.6) is 0 Å². The fourth-order valence-electron chi connectivity index (χ4n) is 3.64. The Kier molecular flexibility index (Phi) is 7.37.